The van der Waals surface area contributed by atoms with Gasteiger partial charge in [-0.2, -0.15) is 0 Å². The minimum absolute atomic E-state index is 0.616. The van der Waals surface area contributed by atoms with Gasteiger partial charge in [-0.15, -0.1) is 0 Å². The monoisotopic (exact) mass is 264 g/mol. The van der Waals surface area contributed by atoms with Crippen molar-refractivity contribution >= 4 is 0 Å². The molecule has 0 aliphatic carbocycles. The lowest BCUT2D eigenvalue weighted by molar-refractivity contribution is 0.385. The smallest absolute Gasteiger partial charge is 0.128 e. The Morgan fingerprint density at radius 1 is 1.32 bits per heavy atom. The average Bonchev–Trinajstić information content (AvgIpc) is 2.92. The summed E-state index contributed by atoms with van der Waals surface area (Å²) in [6.07, 6.45) is 2.20. The molecule has 1 unspecified atom stereocenters. The minimum Gasteiger partial charge on any atom is -0.496 e. The fourth-order valence-corrected chi connectivity index (χ4v) is 2.67. The van der Waals surface area contributed by atoms with Crippen molar-refractivity contribution in [1.82, 2.24) is 10.6 Å². The van der Waals surface area contributed by atoms with Crippen molar-refractivity contribution in [3.8, 4) is 11.5 Å². The Morgan fingerprint density at radius 3 is 2.79 bits per heavy atom. The third kappa shape index (κ3) is 3.39. The Bertz CT molecular complexity index is 415. The molecule has 0 aromatic heterocycles. The topological polar surface area (TPSA) is 42.5 Å². The molecule has 0 amide bonds. The first-order valence-electron chi connectivity index (χ1n) is 6.90. The van der Waals surface area contributed by atoms with Crippen molar-refractivity contribution in [1.29, 1.82) is 0 Å². The van der Waals surface area contributed by atoms with Gasteiger partial charge in [0.2, 0.25) is 0 Å². The van der Waals surface area contributed by atoms with Crippen molar-refractivity contribution in [2.45, 2.75) is 25.8 Å². The molecule has 1 aromatic rings. The zero-order valence-corrected chi connectivity index (χ0v) is 12.1. The molecule has 4 nitrogen and oxygen atoms in total. The standard InChI is InChI=1S/C15H24N2O2/c1-11-14(18-2)5-4-12(15(11)19-3)6-9-17-13-7-8-16-10-13/h4-5,13,16-17H,6-10H2,1-3H3. The van der Waals surface area contributed by atoms with Crippen LogP contribution < -0.4 is 20.1 Å². The number of hydrogen-bond acceptors (Lipinski definition) is 4. The lowest BCUT2D eigenvalue weighted by atomic mass is 10.1. The van der Waals surface area contributed by atoms with E-state index < -0.39 is 0 Å². The highest BCUT2D eigenvalue weighted by molar-refractivity contribution is 5.49. The second-order valence-corrected chi connectivity index (χ2v) is 4.98. The highest BCUT2D eigenvalue weighted by atomic mass is 16.5. The Kier molecular flexibility index (Phi) is 5.05. The van der Waals surface area contributed by atoms with Crippen LogP contribution in [-0.4, -0.2) is 39.9 Å². The van der Waals surface area contributed by atoms with Crippen LogP contribution in [0.3, 0.4) is 0 Å². The number of methoxy groups -OCH3 is 2. The molecule has 1 aromatic carbocycles. The van der Waals surface area contributed by atoms with Gasteiger partial charge in [0, 0.05) is 18.2 Å². The van der Waals surface area contributed by atoms with E-state index >= 15 is 0 Å². The van der Waals surface area contributed by atoms with Crippen LogP contribution in [0, 0.1) is 6.92 Å². The van der Waals surface area contributed by atoms with Crippen LogP contribution in [0.5, 0.6) is 11.5 Å². The van der Waals surface area contributed by atoms with Gasteiger partial charge < -0.3 is 20.1 Å². The molecule has 0 bridgehead atoms. The molecule has 1 atom stereocenters. The van der Waals surface area contributed by atoms with E-state index in [9.17, 15) is 0 Å². The van der Waals surface area contributed by atoms with E-state index in [1.165, 1.54) is 12.0 Å². The third-order valence-electron chi connectivity index (χ3n) is 3.75. The molecular weight excluding hydrogens is 240 g/mol. The molecule has 2 rings (SSSR count). The maximum Gasteiger partial charge on any atom is 0.128 e. The van der Waals surface area contributed by atoms with Gasteiger partial charge in [0.25, 0.3) is 0 Å². The second-order valence-electron chi connectivity index (χ2n) is 4.98. The fraction of sp³-hybridized carbons (Fsp3) is 0.600. The zero-order chi connectivity index (χ0) is 13.7. The predicted molar refractivity (Wildman–Crippen MR) is 77.3 cm³/mol. The summed E-state index contributed by atoms with van der Waals surface area (Å²) in [6.45, 7) is 5.23. The number of rotatable bonds is 6. The van der Waals surface area contributed by atoms with Crippen molar-refractivity contribution in [2.24, 2.45) is 0 Å². The van der Waals surface area contributed by atoms with E-state index in [-0.39, 0.29) is 0 Å². The summed E-state index contributed by atoms with van der Waals surface area (Å²) in [5.41, 5.74) is 2.31. The minimum atomic E-state index is 0.616. The summed E-state index contributed by atoms with van der Waals surface area (Å²) in [6, 6.07) is 4.73. The third-order valence-corrected chi connectivity index (χ3v) is 3.75. The van der Waals surface area contributed by atoms with Crippen LogP contribution in [0.1, 0.15) is 17.5 Å². The first-order chi connectivity index (χ1) is 9.26. The average molecular weight is 264 g/mol. The van der Waals surface area contributed by atoms with Crippen molar-refractivity contribution < 1.29 is 9.47 Å². The molecule has 1 aliphatic rings. The van der Waals surface area contributed by atoms with Crippen molar-refractivity contribution in [3.05, 3.63) is 23.3 Å². The van der Waals surface area contributed by atoms with Crippen molar-refractivity contribution in [3.63, 3.8) is 0 Å². The van der Waals surface area contributed by atoms with Gasteiger partial charge in [-0.05, 0) is 44.5 Å². The summed E-state index contributed by atoms with van der Waals surface area (Å²) in [5, 5.41) is 6.94. The summed E-state index contributed by atoms with van der Waals surface area (Å²) in [7, 11) is 3.41. The highest BCUT2D eigenvalue weighted by Gasteiger charge is 2.14. The zero-order valence-electron chi connectivity index (χ0n) is 12.1. The Hall–Kier alpha value is -1.26. The van der Waals surface area contributed by atoms with Crippen molar-refractivity contribution in [2.75, 3.05) is 33.9 Å². The van der Waals surface area contributed by atoms with Crippen LogP contribution in [-0.2, 0) is 6.42 Å². The van der Waals surface area contributed by atoms with Gasteiger partial charge in [0.15, 0.2) is 0 Å². The number of nitrogens with one attached hydrogen (secondary N) is 2. The molecular formula is C15H24N2O2. The SMILES string of the molecule is COc1ccc(CCNC2CCNC2)c(OC)c1C. The largest absolute Gasteiger partial charge is 0.496 e. The number of hydrogen-bond donors (Lipinski definition) is 2. The van der Waals surface area contributed by atoms with Crippen LogP contribution in [0.25, 0.3) is 0 Å². The second kappa shape index (κ2) is 6.78. The first kappa shape index (κ1) is 14.2. The highest BCUT2D eigenvalue weighted by Crippen LogP contribution is 2.31. The summed E-state index contributed by atoms with van der Waals surface area (Å²) < 4.78 is 10.8. The molecule has 0 radical (unpaired) electrons. The molecule has 0 saturated carbocycles. The Balaban J connectivity index is 1.97. The van der Waals surface area contributed by atoms with E-state index in [4.69, 9.17) is 9.47 Å². The van der Waals surface area contributed by atoms with E-state index in [1.807, 2.05) is 13.0 Å². The summed E-state index contributed by atoms with van der Waals surface area (Å²) in [4.78, 5) is 0. The molecule has 1 saturated heterocycles. The first-order valence-corrected chi connectivity index (χ1v) is 6.90. The summed E-state index contributed by atoms with van der Waals surface area (Å²) in [5.74, 6) is 1.83. The van der Waals surface area contributed by atoms with E-state index in [1.54, 1.807) is 14.2 Å². The lowest BCUT2D eigenvalue weighted by Gasteiger charge is -2.16. The van der Waals surface area contributed by atoms with Gasteiger partial charge in [0.05, 0.1) is 14.2 Å². The fourth-order valence-electron chi connectivity index (χ4n) is 2.67. The normalized spacial score (nSPS) is 18.6. The van der Waals surface area contributed by atoms with Gasteiger partial charge in [0.1, 0.15) is 11.5 Å². The van der Waals surface area contributed by atoms with E-state index in [2.05, 4.69) is 16.7 Å². The van der Waals surface area contributed by atoms with Crippen LogP contribution >= 0.6 is 0 Å². The molecule has 1 aliphatic heterocycles. The van der Waals surface area contributed by atoms with E-state index in [0.29, 0.717) is 6.04 Å². The molecule has 1 heterocycles. The maximum atomic E-state index is 5.52. The molecule has 1 fully saturated rings. The molecule has 0 spiro atoms. The van der Waals surface area contributed by atoms with Gasteiger partial charge in [-0.3, -0.25) is 0 Å². The molecule has 106 valence electrons. The molecule has 19 heavy (non-hydrogen) atoms. The van der Waals surface area contributed by atoms with Crippen LogP contribution in [0.4, 0.5) is 0 Å². The van der Waals surface area contributed by atoms with Gasteiger partial charge >= 0.3 is 0 Å². The molecule has 4 heteroatoms. The van der Waals surface area contributed by atoms with Gasteiger partial charge in [-0.1, -0.05) is 6.07 Å². The predicted octanol–water partition coefficient (Wildman–Crippen LogP) is 1.51. The van der Waals surface area contributed by atoms with Gasteiger partial charge in [-0.25, -0.2) is 0 Å². The lowest BCUT2D eigenvalue weighted by Crippen LogP contribution is -2.32. The Labute approximate surface area is 115 Å². The quantitative estimate of drug-likeness (QED) is 0.817. The van der Waals surface area contributed by atoms with Crippen LogP contribution in [0.2, 0.25) is 0 Å². The maximum absolute atomic E-state index is 5.52. The van der Waals surface area contributed by atoms with Crippen LogP contribution in [0.15, 0.2) is 12.1 Å². The summed E-state index contributed by atoms with van der Waals surface area (Å²) >= 11 is 0. The van der Waals surface area contributed by atoms with E-state index in [0.717, 1.165) is 43.1 Å². The Morgan fingerprint density at radius 2 is 2.16 bits per heavy atom. The number of benzene rings is 1. The number of ether oxygens (including phenoxy) is 2. The molecule has 2 N–H and O–H groups in total.